The number of amides is 2. The fourth-order valence-corrected chi connectivity index (χ4v) is 4.53. The lowest BCUT2D eigenvalue weighted by atomic mass is 9.91. The molecule has 1 saturated heterocycles. The molecule has 0 saturated carbocycles. The molecule has 1 atom stereocenters. The van der Waals surface area contributed by atoms with Crippen molar-refractivity contribution in [3.05, 3.63) is 71.5 Å². The summed E-state index contributed by atoms with van der Waals surface area (Å²) in [4.78, 5) is 30.3. The van der Waals surface area contributed by atoms with Gasteiger partial charge in [0, 0.05) is 37.4 Å². The Kier molecular flexibility index (Phi) is 6.77. The molecule has 0 aliphatic carbocycles. The van der Waals surface area contributed by atoms with Gasteiger partial charge in [0.15, 0.2) is 0 Å². The van der Waals surface area contributed by atoms with E-state index >= 15 is 0 Å². The first kappa shape index (κ1) is 22.6. The first-order valence-corrected chi connectivity index (χ1v) is 11.3. The number of rotatable bonds is 6. The van der Waals surface area contributed by atoms with Crippen molar-refractivity contribution in [2.75, 3.05) is 33.3 Å². The topological polar surface area (TPSA) is 78.5 Å². The molecule has 1 aromatic heterocycles. The third-order valence-electron chi connectivity index (χ3n) is 6.35. The molecule has 2 amide bonds. The van der Waals surface area contributed by atoms with Crippen LogP contribution in [0.4, 0.5) is 0 Å². The Morgan fingerprint density at radius 2 is 1.85 bits per heavy atom. The second-order valence-corrected chi connectivity index (χ2v) is 8.34. The van der Waals surface area contributed by atoms with Crippen LogP contribution in [0.2, 0.25) is 0 Å². The van der Waals surface area contributed by atoms with Crippen molar-refractivity contribution in [1.82, 2.24) is 20.0 Å². The summed E-state index contributed by atoms with van der Waals surface area (Å²) in [6.45, 7) is 5.85. The number of para-hydroxylation sites is 1. The third kappa shape index (κ3) is 4.62. The summed E-state index contributed by atoms with van der Waals surface area (Å²) < 4.78 is 5.58. The van der Waals surface area contributed by atoms with Gasteiger partial charge in [0.2, 0.25) is 5.91 Å². The van der Waals surface area contributed by atoms with Gasteiger partial charge < -0.3 is 14.5 Å². The number of carbonyl (C=O) groups is 2. The first-order chi connectivity index (χ1) is 16.0. The number of aromatic nitrogens is 2. The average Bonchev–Trinajstić information content (AvgIpc) is 3.21. The van der Waals surface area contributed by atoms with Crippen LogP contribution >= 0.6 is 0 Å². The number of ether oxygens (including phenoxy) is 1. The molecule has 0 spiro atoms. The van der Waals surface area contributed by atoms with E-state index in [0.717, 1.165) is 28.1 Å². The van der Waals surface area contributed by atoms with Crippen molar-refractivity contribution in [3.63, 3.8) is 0 Å². The van der Waals surface area contributed by atoms with E-state index in [2.05, 4.69) is 22.3 Å². The van der Waals surface area contributed by atoms with Gasteiger partial charge in [-0.05, 0) is 37.5 Å². The van der Waals surface area contributed by atoms with E-state index in [1.54, 1.807) is 18.2 Å². The molecule has 33 heavy (non-hydrogen) atoms. The smallest absolute Gasteiger partial charge is 0.257 e. The Labute approximate surface area is 194 Å². The molecule has 7 heteroatoms. The van der Waals surface area contributed by atoms with Crippen LogP contribution in [-0.2, 0) is 11.2 Å². The SMILES string of the molecule is CCN1CCN(C(=O)c2cn[nH]c2C)C[C@H](Cc2ccccc2-c2ccccc2OC)C1=O. The van der Waals surface area contributed by atoms with E-state index in [1.165, 1.54) is 0 Å². The Balaban J connectivity index is 1.66. The van der Waals surface area contributed by atoms with Crippen molar-refractivity contribution in [1.29, 1.82) is 0 Å². The second kappa shape index (κ2) is 9.90. The molecule has 1 aliphatic rings. The summed E-state index contributed by atoms with van der Waals surface area (Å²) in [5, 5.41) is 6.83. The Hall–Kier alpha value is -3.61. The zero-order chi connectivity index (χ0) is 23.4. The molecule has 1 aliphatic heterocycles. The quantitative estimate of drug-likeness (QED) is 0.628. The number of nitrogens with zero attached hydrogens (tertiary/aromatic N) is 3. The van der Waals surface area contributed by atoms with Crippen molar-refractivity contribution < 1.29 is 14.3 Å². The van der Waals surface area contributed by atoms with Gasteiger partial charge in [-0.15, -0.1) is 0 Å². The van der Waals surface area contributed by atoms with Gasteiger partial charge in [-0.2, -0.15) is 5.10 Å². The lowest BCUT2D eigenvalue weighted by Gasteiger charge is -2.24. The lowest BCUT2D eigenvalue weighted by molar-refractivity contribution is -0.134. The van der Waals surface area contributed by atoms with Crippen LogP contribution in [-0.4, -0.2) is 65.1 Å². The molecule has 2 aromatic carbocycles. The molecule has 0 radical (unpaired) electrons. The number of hydrogen-bond acceptors (Lipinski definition) is 4. The van der Waals surface area contributed by atoms with E-state index < -0.39 is 0 Å². The van der Waals surface area contributed by atoms with E-state index in [9.17, 15) is 9.59 Å². The fraction of sp³-hybridized carbons (Fsp3) is 0.346. The molecular weight excluding hydrogens is 416 g/mol. The van der Waals surface area contributed by atoms with Crippen LogP contribution in [0.3, 0.4) is 0 Å². The van der Waals surface area contributed by atoms with Gasteiger partial charge in [0.25, 0.3) is 5.91 Å². The molecule has 4 rings (SSSR count). The number of likely N-dealkylation sites (N-methyl/N-ethyl adjacent to an activating group) is 1. The minimum absolute atomic E-state index is 0.0879. The van der Waals surface area contributed by atoms with Gasteiger partial charge in [0.05, 0.1) is 24.8 Å². The van der Waals surface area contributed by atoms with Crippen molar-refractivity contribution in [2.45, 2.75) is 20.3 Å². The normalized spacial score (nSPS) is 16.6. The van der Waals surface area contributed by atoms with Gasteiger partial charge >= 0.3 is 0 Å². The van der Waals surface area contributed by atoms with Crippen LogP contribution in [0, 0.1) is 12.8 Å². The van der Waals surface area contributed by atoms with E-state index in [4.69, 9.17) is 4.74 Å². The number of hydrogen-bond donors (Lipinski definition) is 1. The van der Waals surface area contributed by atoms with Crippen molar-refractivity contribution in [2.24, 2.45) is 5.92 Å². The molecule has 3 aromatic rings. The average molecular weight is 447 g/mol. The Morgan fingerprint density at radius 1 is 1.12 bits per heavy atom. The van der Waals surface area contributed by atoms with Crippen LogP contribution in [0.1, 0.15) is 28.5 Å². The first-order valence-electron chi connectivity index (χ1n) is 11.3. The standard InChI is InChI=1S/C26H30N4O3/c1-4-29-13-14-30(26(32)23-16-27-28-18(23)2)17-20(25(29)31)15-19-9-5-6-10-21(19)22-11-7-8-12-24(22)33-3/h5-12,16,20H,4,13-15,17H2,1-3H3,(H,27,28)/t20-/m0/s1. The highest BCUT2D eigenvalue weighted by Gasteiger charge is 2.33. The monoisotopic (exact) mass is 446 g/mol. The number of benzene rings is 2. The van der Waals surface area contributed by atoms with Crippen LogP contribution in [0.5, 0.6) is 5.75 Å². The van der Waals surface area contributed by atoms with Crippen molar-refractivity contribution >= 4 is 11.8 Å². The zero-order valence-electron chi connectivity index (χ0n) is 19.4. The molecule has 7 nitrogen and oxygen atoms in total. The predicted octanol–water partition coefficient (Wildman–Crippen LogP) is 3.56. The molecule has 0 bridgehead atoms. The van der Waals surface area contributed by atoms with Gasteiger partial charge in [-0.25, -0.2) is 0 Å². The summed E-state index contributed by atoms with van der Waals surface area (Å²) in [5.74, 6) is 0.459. The van der Waals surface area contributed by atoms with Gasteiger partial charge in [-0.1, -0.05) is 42.5 Å². The van der Waals surface area contributed by atoms with Crippen molar-refractivity contribution in [3.8, 4) is 16.9 Å². The van der Waals surface area contributed by atoms with Crippen LogP contribution in [0.25, 0.3) is 11.1 Å². The largest absolute Gasteiger partial charge is 0.496 e. The molecule has 172 valence electrons. The highest BCUT2D eigenvalue weighted by molar-refractivity contribution is 5.95. The Morgan fingerprint density at radius 3 is 2.55 bits per heavy atom. The predicted molar refractivity (Wildman–Crippen MR) is 127 cm³/mol. The summed E-state index contributed by atoms with van der Waals surface area (Å²) in [7, 11) is 1.66. The fourth-order valence-electron chi connectivity index (χ4n) is 4.53. The molecular formula is C26H30N4O3. The Bertz CT molecular complexity index is 1140. The number of H-pyrrole nitrogens is 1. The molecule has 1 N–H and O–H groups in total. The maximum atomic E-state index is 13.4. The highest BCUT2D eigenvalue weighted by atomic mass is 16.5. The number of aryl methyl sites for hydroxylation is 1. The van der Waals surface area contributed by atoms with E-state index in [1.807, 2.05) is 55.1 Å². The minimum Gasteiger partial charge on any atom is -0.496 e. The summed E-state index contributed by atoms with van der Waals surface area (Å²) in [6.07, 6.45) is 2.10. The highest BCUT2D eigenvalue weighted by Crippen LogP contribution is 2.33. The number of methoxy groups -OCH3 is 1. The summed E-state index contributed by atoms with van der Waals surface area (Å²) in [6, 6.07) is 16.0. The molecule has 0 unspecified atom stereocenters. The number of aromatic amines is 1. The third-order valence-corrected chi connectivity index (χ3v) is 6.35. The maximum absolute atomic E-state index is 13.4. The lowest BCUT2D eigenvalue weighted by Crippen LogP contribution is -2.38. The van der Waals surface area contributed by atoms with Gasteiger partial charge in [-0.3, -0.25) is 14.7 Å². The minimum atomic E-state index is -0.334. The van der Waals surface area contributed by atoms with Gasteiger partial charge in [0.1, 0.15) is 5.75 Å². The van der Waals surface area contributed by atoms with Crippen LogP contribution < -0.4 is 4.74 Å². The molecule has 2 heterocycles. The van der Waals surface area contributed by atoms with E-state index in [-0.39, 0.29) is 17.7 Å². The number of nitrogens with one attached hydrogen (secondary N) is 1. The summed E-state index contributed by atoms with van der Waals surface area (Å²) in [5.41, 5.74) is 4.39. The second-order valence-electron chi connectivity index (χ2n) is 8.34. The van der Waals surface area contributed by atoms with E-state index in [0.29, 0.717) is 38.2 Å². The number of carbonyl (C=O) groups excluding carboxylic acids is 2. The zero-order valence-corrected chi connectivity index (χ0v) is 19.4. The van der Waals surface area contributed by atoms with Crippen LogP contribution in [0.15, 0.2) is 54.7 Å². The molecule has 1 fully saturated rings. The summed E-state index contributed by atoms with van der Waals surface area (Å²) >= 11 is 0. The maximum Gasteiger partial charge on any atom is 0.257 e.